The molecule has 0 unspecified atom stereocenters. The number of aromatic nitrogens is 3. The number of nitrogens with zero attached hydrogens (tertiary/aromatic N) is 3. The average molecular weight is 306 g/mol. The van der Waals surface area contributed by atoms with Crippen LogP contribution >= 0.6 is 11.3 Å². The van der Waals surface area contributed by atoms with Crippen molar-refractivity contribution in [3.05, 3.63) is 34.0 Å². The fourth-order valence-corrected chi connectivity index (χ4v) is 2.81. The number of carbonyl (C=O) groups is 2. The lowest BCUT2D eigenvalue weighted by atomic mass is 10.4. The predicted octanol–water partition coefficient (Wildman–Crippen LogP) is 1.35. The molecular formula is C13H14N4O3S. The molecule has 2 heterocycles. The molecule has 0 aliphatic heterocycles. The normalized spacial score (nSPS) is 14.1. The molecule has 8 heteroatoms. The van der Waals surface area contributed by atoms with Gasteiger partial charge in [0, 0.05) is 19.0 Å². The predicted molar refractivity (Wildman–Crippen MR) is 75.6 cm³/mol. The maximum absolute atomic E-state index is 11.9. The Morgan fingerprint density at radius 1 is 1.38 bits per heavy atom. The lowest BCUT2D eigenvalue weighted by molar-refractivity contribution is 0.0702. The van der Waals surface area contributed by atoms with Crippen LogP contribution in [0.2, 0.25) is 0 Å². The molecule has 110 valence electrons. The molecule has 2 aromatic rings. The highest BCUT2D eigenvalue weighted by atomic mass is 32.1. The Morgan fingerprint density at radius 2 is 2.14 bits per heavy atom. The molecule has 21 heavy (non-hydrogen) atoms. The van der Waals surface area contributed by atoms with Gasteiger partial charge in [0.1, 0.15) is 17.0 Å². The van der Waals surface area contributed by atoms with Crippen molar-refractivity contribution in [3.63, 3.8) is 0 Å². The summed E-state index contributed by atoms with van der Waals surface area (Å²) in [5.74, 6) is 0.221. The average Bonchev–Trinajstić information content (AvgIpc) is 3.01. The summed E-state index contributed by atoms with van der Waals surface area (Å²) in [4.78, 5) is 23.2. The van der Waals surface area contributed by atoms with Gasteiger partial charge in [0.05, 0.1) is 4.88 Å². The SMILES string of the molecule is O=C(O)c1ccc(C(=O)NCCn2cnnc2C2CC2)s1. The summed E-state index contributed by atoms with van der Waals surface area (Å²) in [6.45, 7) is 1.07. The molecule has 2 N–H and O–H groups in total. The smallest absolute Gasteiger partial charge is 0.345 e. The minimum absolute atomic E-state index is 0.162. The van der Waals surface area contributed by atoms with E-state index >= 15 is 0 Å². The van der Waals surface area contributed by atoms with Crippen LogP contribution in [0.3, 0.4) is 0 Å². The van der Waals surface area contributed by atoms with E-state index in [2.05, 4.69) is 15.5 Å². The second-order valence-corrected chi connectivity index (χ2v) is 5.97. The zero-order valence-corrected chi connectivity index (χ0v) is 12.0. The Bertz CT molecular complexity index is 675. The molecule has 1 aliphatic carbocycles. The van der Waals surface area contributed by atoms with Gasteiger partial charge in [-0.25, -0.2) is 4.79 Å². The minimum atomic E-state index is -1.02. The number of rotatable bonds is 6. The highest BCUT2D eigenvalue weighted by Crippen LogP contribution is 2.38. The summed E-state index contributed by atoms with van der Waals surface area (Å²) < 4.78 is 1.95. The maximum atomic E-state index is 11.9. The topological polar surface area (TPSA) is 97.1 Å². The first kappa shape index (κ1) is 13.7. The Labute approximate surface area is 124 Å². The maximum Gasteiger partial charge on any atom is 0.345 e. The first-order valence-corrected chi connectivity index (χ1v) is 7.46. The van der Waals surface area contributed by atoms with Crippen molar-refractivity contribution in [2.45, 2.75) is 25.3 Å². The first-order chi connectivity index (χ1) is 10.1. The molecule has 2 aromatic heterocycles. The molecule has 1 fully saturated rings. The van der Waals surface area contributed by atoms with E-state index in [9.17, 15) is 9.59 Å². The molecule has 0 spiro atoms. The van der Waals surface area contributed by atoms with Crippen LogP contribution in [0, 0.1) is 0 Å². The van der Waals surface area contributed by atoms with Crippen molar-refractivity contribution < 1.29 is 14.7 Å². The van der Waals surface area contributed by atoms with Gasteiger partial charge in [-0.1, -0.05) is 0 Å². The third-order valence-corrected chi connectivity index (χ3v) is 4.34. The van der Waals surface area contributed by atoms with Gasteiger partial charge in [-0.15, -0.1) is 21.5 Å². The second kappa shape index (κ2) is 5.65. The lowest BCUT2D eigenvalue weighted by Crippen LogP contribution is -2.26. The number of hydrogen-bond acceptors (Lipinski definition) is 5. The molecule has 1 aliphatic rings. The number of carbonyl (C=O) groups excluding carboxylic acids is 1. The number of carboxylic acids is 1. The summed E-state index contributed by atoms with van der Waals surface area (Å²) >= 11 is 0.972. The number of amides is 1. The van der Waals surface area contributed by atoms with Crippen LogP contribution in [0.4, 0.5) is 0 Å². The Balaban J connectivity index is 1.53. The summed E-state index contributed by atoms with van der Waals surface area (Å²) in [5, 5.41) is 19.6. The van der Waals surface area contributed by atoms with Crippen molar-refractivity contribution in [3.8, 4) is 0 Å². The van der Waals surface area contributed by atoms with E-state index in [1.807, 2.05) is 4.57 Å². The van der Waals surface area contributed by atoms with Gasteiger partial charge < -0.3 is 15.0 Å². The van der Waals surface area contributed by atoms with E-state index in [-0.39, 0.29) is 10.8 Å². The number of nitrogens with one attached hydrogen (secondary N) is 1. The fourth-order valence-electron chi connectivity index (χ4n) is 2.05. The summed E-state index contributed by atoms with van der Waals surface area (Å²) in [6, 6.07) is 2.96. The standard InChI is InChI=1S/C13H14N4O3S/c18-12(9-3-4-10(21-9)13(19)20)14-5-6-17-7-15-16-11(17)8-1-2-8/h3-4,7-8H,1-2,5-6H2,(H,14,18)(H,19,20). The Hall–Kier alpha value is -2.22. The highest BCUT2D eigenvalue weighted by molar-refractivity contribution is 7.15. The van der Waals surface area contributed by atoms with Crippen LogP contribution in [-0.2, 0) is 6.54 Å². The third kappa shape index (κ3) is 3.10. The largest absolute Gasteiger partial charge is 0.477 e. The van der Waals surface area contributed by atoms with Gasteiger partial charge >= 0.3 is 5.97 Å². The van der Waals surface area contributed by atoms with Crippen LogP contribution in [-0.4, -0.2) is 38.3 Å². The van der Waals surface area contributed by atoms with Crippen LogP contribution in [0.5, 0.6) is 0 Å². The van der Waals surface area contributed by atoms with E-state index in [4.69, 9.17) is 5.11 Å². The first-order valence-electron chi connectivity index (χ1n) is 6.64. The summed E-state index contributed by atoms with van der Waals surface area (Å²) in [6.07, 6.45) is 3.98. The Kier molecular flexibility index (Phi) is 3.70. The fraction of sp³-hybridized carbons (Fsp3) is 0.385. The van der Waals surface area contributed by atoms with E-state index in [0.29, 0.717) is 23.9 Å². The van der Waals surface area contributed by atoms with Gasteiger partial charge in [0.25, 0.3) is 5.91 Å². The van der Waals surface area contributed by atoms with Gasteiger partial charge in [-0.3, -0.25) is 4.79 Å². The molecule has 3 rings (SSSR count). The summed E-state index contributed by atoms with van der Waals surface area (Å²) in [7, 11) is 0. The van der Waals surface area contributed by atoms with Crippen LogP contribution < -0.4 is 5.32 Å². The number of hydrogen-bond donors (Lipinski definition) is 2. The molecule has 0 atom stereocenters. The van der Waals surface area contributed by atoms with Gasteiger partial charge in [-0.2, -0.15) is 0 Å². The monoisotopic (exact) mass is 306 g/mol. The van der Waals surface area contributed by atoms with Crippen molar-refractivity contribution in [1.29, 1.82) is 0 Å². The van der Waals surface area contributed by atoms with Crippen molar-refractivity contribution in [1.82, 2.24) is 20.1 Å². The van der Waals surface area contributed by atoms with E-state index < -0.39 is 5.97 Å². The third-order valence-electron chi connectivity index (χ3n) is 3.27. The second-order valence-electron chi connectivity index (χ2n) is 4.88. The molecule has 1 amide bonds. The van der Waals surface area contributed by atoms with E-state index in [1.165, 1.54) is 12.1 Å². The molecule has 0 radical (unpaired) electrons. The van der Waals surface area contributed by atoms with Gasteiger partial charge in [0.2, 0.25) is 0 Å². The molecule has 0 bridgehead atoms. The molecule has 0 aromatic carbocycles. The summed E-state index contributed by atoms with van der Waals surface area (Å²) in [5.41, 5.74) is 0. The van der Waals surface area contributed by atoms with E-state index in [0.717, 1.165) is 30.0 Å². The van der Waals surface area contributed by atoms with Crippen molar-refractivity contribution >= 4 is 23.2 Å². The highest BCUT2D eigenvalue weighted by Gasteiger charge is 2.28. The van der Waals surface area contributed by atoms with E-state index in [1.54, 1.807) is 6.33 Å². The Morgan fingerprint density at radius 3 is 2.81 bits per heavy atom. The minimum Gasteiger partial charge on any atom is -0.477 e. The molecule has 1 saturated carbocycles. The molecule has 0 saturated heterocycles. The lowest BCUT2D eigenvalue weighted by Gasteiger charge is -2.06. The zero-order chi connectivity index (χ0) is 14.8. The van der Waals surface area contributed by atoms with Gasteiger partial charge in [0.15, 0.2) is 0 Å². The van der Waals surface area contributed by atoms with Crippen LogP contribution in [0.25, 0.3) is 0 Å². The number of thiophene rings is 1. The number of aromatic carboxylic acids is 1. The van der Waals surface area contributed by atoms with Crippen LogP contribution in [0.1, 0.15) is 43.9 Å². The van der Waals surface area contributed by atoms with Crippen molar-refractivity contribution in [2.75, 3.05) is 6.54 Å². The molecule has 7 nitrogen and oxygen atoms in total. The van der Waals surface area contributed by atoms with Crippen LogP contribution in [0.15, 0.2) is 18.5 Å². The zero-order valence-electron chi connectivity index (χ0n) is 11.2. The quantitative estimate of drug-likeness (QED) is 0.839. The number of carboxylic acid groups (broad SMARTS) is 1. The van der Waals surface area contributed by atoms with Crippen molar-refractivity contribution in [2.24, 2.45) is 0 Å². The van der Waals surface area contributed by atoms with Gasteiger partial charge in [-0.05, 0) is 25.0 Å². The molecular weight excluding hydrogens is 292 g/mol.